The Balaban J connectivity index is 1.51. The number of likely N-dealkylation sites (tertiary alicyclic amines) is 1. The molecule has 3 heterocycles. The molecule has 0 radical (unpaired) electrons. The zero-order chi connectivity index (χ0) is 21.2. The van der Waals surface area contributed by atoms with Crippen molar-refractivity contribution in [3.63, 3.8) is 0 Å². The van der Waals surface area contributed by atoms with E-state index in [-0.39, 0.29) is 6.04 Å². The van der Waals surface area contributed by atoms with Gasteiger partial charge in [-0.2, -0.15) is 0 Å². The lowest BCUT2D eigenvalue weighted by Crippen LogP contribution is -2.42. The van der Waals surface area contributed by atoms with Crippen LogP contribution in [-0.4, -0.2) is 81.3 Å². The molecule has 3 rings (SSSR count). The van der Waals surface area contributed by atoms with E-state index in [2.05, 4.69) is 40.3 Å². The molecule has 0 amide bonds. The van der Waals surface area contributed by atoms with Crippen molar-refractivity contribution < 1.29 is 9.15 Å². The number of aliphatic imine (C=N–C) groups is 1. The van der Waals surface area contributed by atoms with Gasteiger partial charge in [0.15, 0.2) is 5.96 Å². The summed E-state index contributed by atoms with van der Waals surface area (Å²) < 4.78 is 11.5. The average Bonchev–Trinajstić information content (AvgIpc) is 3.19. The van der Waals surface area contributed by atoms with Gasteiger partial charge in [-0.05, 0) is 70.8 Å². The summed E-state index contributed by atoms with van der Waals surface area (Å²) in [6, 6.07) is 4.27. The Hall–Kier alpha value is -1.57. The van der Waals surface area contributed by atoms with Crippen LogP contribution >= 0.6 is 0 Å². The number of nitrogens with one attached hydrogen (secondary N) is 2. The minimum atomic E-state index is 0.147. The molecule has 2 fully saturated rings. The Morgan fingerprint density at radius 2 is 1.93 bits per heavy atom. The number of rotatable bonds is 9. The maximum atomic E-state index is 5.97. The lowest BCUT2D eigenvalue weighted by molar-refractivity contribution is 0.0135. The summed E-state index contributed by atoms with van der Waals surface area (Å²) in [5.41, 5.74) is 0. The molecule has 1 unspecified atom stereocenters. The summed E-state index contributed by atoms with van der Waals surface area (Å²) in [5, 5.41) is 6.92. The highest BCUT2D eigenvalue weighted by molar-refractivity contribution is 5.79. The van der Waals surface area contributed by atoms with Gasteiger partial charge in [0.2, 0.25) is 0 Å². The molecule has 1 aromatic heterocycles. The van der Waals surface area contributed by atoms with Crippen molar-refractivity contribution in [3.8, 4) is 0 Å². The van der Waals surface area contributed by atoms with Crippen LogP contribution in [0.1, 0.15) is 50.7 Å². The monoisotopic (exact) mass is 419 g/mol. The summed E-state index contributed by atoms with van der Waals surface area (Å²) in [4.78, 5) is 9.93. The van der Waals surface area contributed by atoms with E-state index in [0.717, 1.165) is 69.2 Å². The molecule has 2 N–H and O–H groups in total. The van der Waals surface area contributed by atoms with Gasteiger partial charge in [0, 0.05) is 26.2 Å². The zero-order valence-electron chi connectivity index (χ0n) is 19.2. The highest BCUT2D eigenvalue weighted by Crippen LogP contribution is 2.24. The van der Waals surface area contributed by atoms with E-state index in [0.29, 0.717) is 6.54 Å². The van der Waals surface area contributed by atoms with E-state index in [9.17, 15) is 0 Å². The molecule has 30 heavy (non-hydrogen) atoms. The smallest absolute Gasteiger partial charge is 0.191 e. The second-order valence-electron chi connectivity index (χ2n) is 8.64. The maximum absolute atomic E-state index is 5.97. The van der Waals surface area contributed by atoms with Crippen molar-refractivity contribution in [2.75, 3.05) is 65.6 Å². The van der Waals surface area contributed by atoms with Gasteiger partial charge in [0.05, 0.1) is 25.8 Å². The molecule has 0 spiro atoms. The first-order valence-corrected chi connectivity index (χ1v) is 11.8. The number of furan rings is 1. The van der Waals surface area contributed by atoms with Crippen LogP contribution in [0.15, 0.2) is 21.5 Å². The predicted molar refractivity (Wildman–Crippen MR) is 122 cm³/mol. The number of hydrogen-bond donors (Lipinski definition) is 2. The fraction of sp³-hybridized carbons (Fsp3) is 0.783. The lowest BCUT2D eigenvalue weighted by Gasteiger charge is -2.32. The Kier molecular flexibility index (Phi) is 9.49. The van der Waals surface area contributed by atoms with Crippen molar-refractivity contribution >= 4 is 5.96 Å². The number of morpholine rings is 1. The molecule has 7 nitrogen and oxygen atoms in total. The second kappa shape index (κ2) is 12.3. The molecular weight excluding hydrogens is 378 g/mol. The molecule has 0 aromatic carbocycles. The standard InChI is InChI=1S/C23H41N5O2/c1-4-24-23(25-10-5-11-27-12-8-19(2)9-13-27)26-18-21(22-7-6-20(3)30-22)28-14-16-29-17-15-28/h6-7,19,21H,4-5,8-18H2,1-3H3,(H2,24,25,26). The van der Waals surface area contributed by atoms with Gasteiger partial charge < -0.3 is 24.7 Å². The van der Waals surface area contributed by atoms with Crippen molar-refractivity contribution in [1.82, 2.24) is 20.4 Å². The molecule has 0 aliphatic carbocycles. The van der Waals surface area contributed by atoms with Crippen LogP contribution < -0.4 is 10.6 Å². The highest BCUT2D eigenvalue weighted by atomic mass is 16.5. The summed E-state index contributed by atoms with van der Waals surface area (Å²) in [5.74, 6) is 3.73. The Morgan fingerprint density at radius 1 is 1.17 bits per heavy atom. The fourth-order valence-electron chi connectivity index (χ4n) is 4.22. The van der Waals surface area contributed by atoms with Crippen LogP contribution in [0.25, 0.3) is 0 Å². The van der Waals surface area contributed by atoms with Gasteiger partial charge in [0.25, 0.3) is 0 Å². The molecule has 0 bridgehead atoms. The van der Waals surface area contributed by atoms with Crippen LogP contribution in [0.4, 0.5) is 0 Å². The first kappa shape index (κ1) is 23.1. The van der Waals surface area contributed by atoms with Gasteiger partial charge >= 0.3 is 0 Å². The van der Waals surface area contributed by atoms with E-state index in [1.54, 1.807) is 0 Å². The Labute approximate surface area is 182 Å². The molecule has 170 valence electrons. The van der Waals surface area contributed by atoms with Crippen LogP contribution in [-0.2, 0) is 4.74 Å². The fourth-order valence-corrected chi connectivity index (χ4v) is 4.22. The number of hydrogen-bond acceptors (Lipinski definition) is 5. The maximum Gasteiger partial charge on any atom is 0.191 e. The van der Waals surface area contributed by atoms with Crippen molar-refractivity contribution in [2.45, 2.75) is 46.1 Å². The normalized spacial score (nSPS) is 21.0. The van der Waals surface area contributed by atoms with E-state index in [1.165, 1.54) is 32.5 Å². The van der Waals surface area contributed by atoms with Crippen LogP contribution in [0.5, 0.6) is 0 Å². The Bertz CT molecular complexity index is 633. The third-order valence-electron chi connectivity index (χ3n) is 6.16. The predicted octanol–water partition coefficient (Wildman–Crippen LogP) is 2.64. The molecule has 1 atom stereocenters. The molecule has 1 aromatic rings. The first-order valence-electron chi connectivity index (χ1n) is 11.8. The summed E-state index contributed by atoms with van der Waals surface area (Å²) in [7, 11) is 0. The first-order chi connectivity index (χ1) is 14.7. The van der Waals surface area contributed by atoms with E-state index in [4.69, 9.17) is 14.1 Å². The average molecular weight is 420 g/mol. The summed E-state index contributed by atoms with van der Waals surface area (Å²) in [6.07, 6.45) is 3.82. The zero-order valence-corrected chi connectivity index (χ0v) is 19.2. The number of nitrogens with zero attached hydrogens (tertiary/aromatic N) is 3. The van der Waals surface area contributed by atoms with Crippen molar-refractivity contribution in [2.24, 2.45) is 10.9 Å². The van der Waals surface area contributed by atoms with Gasteiger partial charge in [-0.1, -0.05) is 6.92 Å². The van der Waals surface area contributed by atoms with Gasteiger partial charge in [-0.3, -0.25) is 9.89 Å². The van der Waals surface area contributed by atoms with Gasteiger partial charge in [-0.25, -0.2) is 0 Å². The number of ether oxygens (including phenoxy) is 1. The number of aryl methyl sites for hydroxylation is 1. The molecular formula is C23H41N5O2. The van der Waals surface area contributed by atoms with Crippen LogP contribution in [0, 0.1) is 12.8 Å². The topological polar surface area (TPSA) is 65.3 Å². The molecule has 2 saturated heterocycles. The van der Waals surface area contributed by atoms with Crippen molar-refractivity contribution in [1.29, 1.82) is 0 Å². The lowest BCUT2D eigenvalue weighted by atomic mass is 9.99. The number of piperidine rings is 1. The van der Waals surface area contributed by atoms with E-state index in [1.807, 2.05) is 13.0 Å². The minimum Gasteiger partial charge on any atom is -0.465 e. The quantitative estimate of drug-likeness (QED) is 0.364. The van der Waals surface area contributed by atoms with Crippen LogP contribution in [0.3, 0.4) is 0 Å². The highest BCUT2D eigenvalue weighted by Gasteiger charge is 2.25. The van der Waals surface area contributed by atoms with E-state index < -0.39 is 0 Å². The van der Waals surface area contributed by atoms with Crippen molar-refractivity contribution in [3.05, 3.63) is 23.7 Å². The van der Waals surface area contributed by atoms with Gasteiger partial charge in [0.1, 0.15) is 11.5 Å². The minimum absolute atomic E-state index is 0.147. The number of guanidine groups is 1. The third-order valence-corrected chi connectivity index (χ3v) is 6.16. The van der Waals surface area contributed by atoms with Crippen LogP contribution in [0.2, 0.25) is 0 Å². The van der Waals surface area contributed by atoms with E-state index >= 15 is 0 Å². The second-order valence-corrected chi connectivity index (χ2v) is 8.64. The summed E-state index contributed by atoms with van der Waals surface area (Å²) in [6.45, 7) is 16.0. The molecule has 7 heteroatoms. The SMILES string of the molecule is CCNC(=NCC(c1ccc(C)o1)N1CCOCC1)NCCCN1CCC(C)CC1. The Morgan fingerprint density at radius 3 is 2.60 bits per heavy atom. The molecule has 0 saturated carbocycles. The largest absolute Gasteiger partial charge is 0.465 e. The van der Waals surface area contributed by atoms with Gasteiger partial charge in [-0.15, -0.1) is 0 Å². The molecule has 2 aliphatic rings. The third kappa shape index (κ3) is 7.29. The molecule has 2 aliphatic heterocycles. The summed E-state index contributed by atoms with van der Waals surface area (Å²) >= 11 is 0.